The molecule has 0 aliphatic rings. The Bertz CT molecular complexity index is 203. The molecular weight excluding hydrogens is 134 g/mol. The maximum absolute atomic E-state index is 4.34. The summed E-state index contributed by atoms with van der Waals surface area (Å²) in [5.74, 6) is 0. The third kappa shape index (κ3) is 4.54. The molecule has 0 atom stereocenters. The average Bonchev–Trinajstić information content (AvgIpc) is 1.86. The second-order valence-electron chi connectivity index (χ2n) is 2.83. The van der Waals surface area contributed by atoms with E-state index in [-0.39, 0.29) is 0 Å². The minimum Gasteiger partial charge on any atom is -0.263 e. The molecule has 0 N–H and O–H groups in total. The number of allylic oxidation sites excluding steroid dienone is 4. The van der Waals surface area contributed by atoms with E-state index in [0.29, 0.717) is 0 Å². The van der Waals surface area contributed by atoms with E-state index < -0.39 is 0 Å². The lowest BCUT2D eigenvalue weighted by Gasteiger charge is -1.97. The van der Waals surface area contributed by atoms with Crippen molar-refractivity contribution in [2.45, 2.75) is 34.6 Å². The highest BCUT2D eigenvalue weighted by molar-refractivity contribution is 5.80. The Labute approximate surface area is 69.5 Å². The summed E-state index contributed by atoms with van der Waals surface area (Å²) < 4.78 is 0. The van der Waals surface area contributed by atoms with Crippen molar-refractivity contribution in [3.63, 3.8) is 0 Å². The van der Waals surface area contributed by atoms with E-state index in [0.717, 1.165) is 11.4 Å². The van der Waals surface area contributed by atoms with Crippen molar-refractivity contribution in [3.8, 4) is 0 Å². The second-order valence-corrected chi connectivity index (χ2v) is 2.83. The number of hydrogen-bond donors (Lipinski definition) is 0. The minimum atomic E-state index is 1.10. The van der Waals surface area contributed by atoms with Gasteiger partial charge in [0.15, 0.2) is 0 Å². The summed E-state index contributed by atoms with van der Waals surface area (Å²) in [7, 11) is 0. The third-order valence-electron chi connectivity index (χ3n) is 1.38. The summed E-state index contributed by atoms with van der Waals surface area (Å²) in [6, 6.07) is 0. The molecule has 0 saturated carbocycles. The Hall–Kier alpha value is -0.850. The Balaban J connectivity index is 4.53. The summed E-state index contributed by atoms with van der Waals surface area (Å²) in [6.45, 7) is 10.1. The smallest absolute Gasteiger partial charge is 0.0400 e. The van der Waals surface area contributed by atoms with Crippen LogP contribution in [-0.2, 0) is 0 Å². The van der Waals surface area contributed by atoms with Crippen LogP contribution in [0.4, 0.5) is 0 Å². The molecule has 0 aromatic carbocycles. The van der Waals surface area contributed by atoms with E-state index in [1.165, 1.54) is 5.57 Å². The van der Waals surface area contributed by atoms with Gasteiger partial charge >= 0.3 is 0 Å². The first-order valence-electron chi connectivity index (χ1n) is 3.90. The van der Waals surface area contributed by atoms with Crippen LogP contribution in [0.15, 0.2) is 28.4 Å². The summed E-state index contributed by atoms with van der Waals surface area (Å²) in [4.78, 5) is 4.34. The Morgan fingerprint density at radius 3 is 2.00 bits per heavy atom. The van der Waals surface area contributed by atoms with Crippen LogP contribution in [0.25, 0.3) is 0 Å². The molecule has 0 aromatic rings. The zero-order chi connectivity index (χ0) is 8.85. The monoisotopic (exact) mass is 151 g/mol. The van der Waals surface area contributed by atoms with E-state index in [4.69, 9.17) is 0 Å². The molecule has 1 nitrogen and oxygen atoms in total. The van der Waals surface area contributed by atoms with Crippen LogP contribution >= 0.6 is 0 Å². The molecule has 0 aliphatic heterocycles. The van der Waals surface area contributed by atoms with Crippen LogP contribution in [0.2, 0.25) is 0 Å². The minimum absolute atomic E-state index is 1.10. The quantitative estimate of drug-likeness (QED) is 0.424. The van der Waals surface area contributed by atoms with Gasteiger partial charge in [0.1, 0.15) is 0 Å². The van der Waals surface area contributed by atoms with Crippen molar-refractivity contribution in [2.75, 3.05) is 0 Å². The third-order valence-corrected chi connectivity index (χ3v) is 1.38. The molecular formula is C10H17N. The van der Waals surface area contributed by atoms with E-state index in [9.17, 15) is 0 Å². The van der Waals surface area contributed by atoms with Crippen molar-refractivity contribution < 1.29 is 0 Å². The van der Waals surface area contributed by atoms with Gasteiger partial charge in [-0.1, -0.05) is 12.2 Å². The van der Waals surface area contributed by atoms with Gasteiger partial charge in [-0.2, -0.15) is 0 Å². The summed E-state index contributed by atoms with van der Waals surface area (Å²) in [5.41, 5.74) is 3.43. The summed E-state index contributed by atoms with van der Waals surface area (Å²) >= 11 is 0. The first kappa shape index (κ1) is 10.2. The lowest BCUT2D eigenvalue weighted by atomic mass is 10.2. The van der Waals surface area contributed by atoms with E-state index in [1.54, 1.807) is 0 Å². The fourth-order valence-corrected chi connectivity index (χ4v) is 0.794. The van der Waals surface area contributed by atoms with Gasteiger partial charge in [0.2, 0.25) is 0 Å². The topological polar surface area (TPSA) is 12.4 Å². The molecule has 0 unspecified atom stereocenters. The Morgan fingerprint density at radius 2 is 1.64 bits per heavy atom. The van der Waals surface area contributed by atoms with Gasteiger partial charge in [0.25, 0.3) is 0 Å². The lowest BCUT2D eigenvalue weighted by molar-refractivity contribution is 1.22. The predicted molar refractivity (Wildman–Crippen MR) is 52.0 cm³/mol. The van der Waals surface area contributed by atoms with Gasteiger partial charge in [-0.3, -0.25) is 4.99 Å². The van der Waals surface area contributed by atoms with Crippen LogP contribution < -0.4 is 0 Å². The van der Waals surface area contributed by atoms with Crippen LogP contribution in [0.1, 0.15) is 34.6 Å². The molecule has 62 valence electrons. The van der Waals surface area contributed by atoms with Gasteiger partial charge in [0, 0.05) is 11.4 Å². The zero-order valence-corrected chi connectivity index (χ0v) is 8.10. The molecule has 1 heteroatoms. The molecule has 0 spiro atoms. The normalized spacial score (nSPS) is 13.2. The van der Waals surface area contributed by atoms with Gasteiger partial charge in [0.05, 0.1) is 0 Å². The predicted octanol–water partition coefficient (Wildman–Crippen LogP) is 3.34. The highest BCUT2D eigenvalue weighted by Crippen LogP contribution is 2.06. The zero-order valence-electron chi connectivity index (χ0n) is 8.10. The molecule has 0 aromatic heterocycles. The van der Waals surface area contributed by atoms with Crippen molar-refractivity contribution in [1.82, 2.24) is 0 Å². The molecule has 0 fully saturated rings. The van der Waals surface area contributed by atoms with Crippen LogP contribution in [0.3, 0.4) is 0 Å². The maximum Gasteiger partial charge on any atom is 0.0400 e. The SMILES string of the molecule is C/C=C\C(C)=C(/C)N=C(C)C. The highest BCUT2D eigenvalue weighted by Gasteiger charge is 1.88. The summed E-state index contributed by atoms with van der Waals surface area (Å²) in [6.07, 6.45) is 4.10. The van der Waals surface area contributed by atoms with Gasteiger partial charge in [-0.25, -0.2) is 0 Å². The lowest BCUT2D eigenvalue weighted by Crippen LogP contribution is -1.83. The first-order valence-corrected chi connectivity index (χ1v) is 3.90. The van der Waals surface area contributed by atoms with Crippen molar-refractivity contribution >= 4 is 5.71 Å². The van der Waals surface area contributed by atoms with Crippen molar-refractivity contribution in [3.05, 3.63) is 23.4 Å². The fraction of sp³-hybridized carbons (Fsp3) is 0.500. The number of rotatable bonds is 2. The van der Waals surface area contributed by atoms with Gasteiger partial charge < -0.3 is 0 Å². The highest BCUT2D eigenvalue weighted by atomic mass is 14.7. The van der Waals surface area contributed by atoms with Gasteiger partial charge in [-0.05, 0) is 40.2 Å². The number of hydrogen-bond acceptors (Lipinski definition) is 1. The maximum atomic E-state index is 4.34. The van der Waals surface area contributed by atoms with Crippen LogP contribution in [0.5, 0.6) is 0 Å². The molecule has 0 rings (SSSR count). The van der Waals surface area contributed by atoms with E-state index in [1.807, 2.05) is 33.8 Å². The average molecular weight is 151 g/mol. The van der Waals surface area contributed by atoms with E-state index >= 15 is 0 Å². The molecule has 0 saturated heterocycles. The van der Waals surface area contributed by atoms with E-state index in [2.05, 4.69) is 18.0 Å². The standard InChI is InChI=1S/C10H17N/c1-6-7-9(4)10(5)11-8(2)3/h6-7H,1-5H3/b7-6-,10-9+. The van der Waals surface area contributed by atoms with Crippen molar-refractivity contribution in [2.24, 2.45) is 4.99 Å². The molecule has 0 heterocycles. The van der Waals surface area contributed by atoms with Gasteiger partial charge in [-0.15, -0.1) is 0 Å². The fourth-order valence-electron chi connectivity index (χ4n) is 0.794. The molecule has 11 heavy (non-hydrogen) atoms. The van der Waals surface area contributed by atoms with Crippen LogP contribution in [-0.4, -0.2) is 5.71 Å². The largest absolute Gasteiger partial charge is 0.263 e. The Morgan fingerprint density at radius 1 is 1.09 bits per heavy atom. The number of aliphatic imine (C=N–C) groups is 1. The second kappa shape index (κ2) is 4.89. The summed E-state index contributed by atoms with van der Waals surface area (Å²) in [5, 5.41) is 0. The number of nitrogens with zero attached hydrogens (tertiary/aromatic N) is 1. The van der Waals surface area contributed by atoms with Crippen molar-refractivity contribution in [1.29, 1.82) is 0 Å². The molecule has 0 radical (unpaired) electrons. The molecule has 0 aliphatic carbocycles. The van der Waals surface area contributed by atoms with Crippen LogP contribution in [0, 0.1) is 0 Å². The molecule has 0 amide bonds. The first-order chi connectivity index (χ1) is 5.07. The molecule has 0 bridgehead atoms. The Kier molecular flexibility index (Phi) is 4.51.